The fourth-order valence-corrected chi connectivity index (χ4v) is 1.83. The van der Waals surface area contributed by atoms with Gasteiger partial charge in [-0.3, -0.25) is 0 Å². The van der Waals surface area contributed by atoms with Gasteiger partial charge in [-0.1, -0.05) is 26.7 Å². The molecule has 0 aliphatic heterocycles. The molecule has 0 bridgehead atoms. The minimum Gasteiger partial charge on any atom is -0.376 e. The number of nitro groups is 1. The molecule has 1 aromatic heterocycles. The van der Waals surface area contributed by atoms with E-state index >= 15 is 0 Å². The molecule has 0 saturated heterocycles. The molecule has 0 aliphatic rings. The van der Waals surface area contributed by atoms with E-state index in [1.807, 2.05) is 6.92 Å². The highest BCUT2D eigenvalue weighted by atomic mass is 16.6. The number of pyridine rings is 1. The van der Waals surface area contributed by atoms with Crippen molar-refractivity contribution in [3.8, 4) is 0 Å². The molecule has 0 fully saturated rings. The van der Waals surface area contributed by atoms with E-state index in [-0.39, 0.29) is 11.9 Å². The van der Waals surface area contributed by atoms with Crippen LogP contribution in [0.15, 0.2) is 18.3 Å². The summed E-state index contributed by atoms with van der Waals surface area (Å²) in [6.45, 7) is 6.44. The number of rotatable bonds is 7. The lowest BCUT2D eigenvalue weighted by Crippen LogP contribution is -2.16. The highest BCUT2D eigenvalue weighted by Crippen LogP contribution is 2.22. The summed E-state index contributed by atoms with van der Waals surface area (Å²) in [5.41, 5.74) is 0.500. The Bertz CT molecular complexity index is 394. The van der Waals surface area contributed by atoms with Crippen LogP contribution in [0.2, 0.25) is 0 Å². The molecule has 0 spiro atoms. The second-order valence-electron chi connectivity index (χ2n) is 5.00. The number of nitrogens with one attached hydrogen (secondary N) is 1. The van der Waals surface area contributed by atoms with Crippen LogP contribution in [0.25, 0.3) is 0 Å². The molecule has 100 valence electrons. The minimum atomic E-state index is -0.455. The van der Waals surface area contributed by atoms with Gasteiger partial charge in [0.1, 0.15) is 11.9 Å². The Morgan fingerprint density at radius 3 is 2.72 bits per heavy atom. The second kappa shape index (κ2) is 6.93. The molecule has 5 nitrogen and oxygen atoms in total. The van der Waals surface area contributed by atoms with Gasteiger partial charge in [-0.2, -0.15) is 0 Å². The lowest BCUT2D eigenvalue weighted by molar-refractivity contribution is -0.388. The van der Waals surface area contributed by atoms with Gasteiger partial charge in [0.2, 0.25) is 0 Å². The number of nitrogens with zero attached hydrogens (tertiary/aromatic N) is 2. The van der Waals surface area contributed by atoms with Crippen molar-refractivity contribution in [1.82, 2.24) is 4.98 Å². The van der Waals surface area contributed by atoms with E-state index in [0.717, 1.165) is 12.8 Å². The van der Waals surface area contributed by atoms with Crippen LogP contribution >= 0.6 is 0 Å². The van der Waals surface area contributed by atoms with Crippen molar-refractivity contribution in [2.75, 3.05) is 5.32 Å². The summed E-state index contributed by atoms with van der Waals surface area (Å²) in [6.07, 6.45) is 4.75. The van der Waals surface area contributed by atoms with Crippen LogP contribution in [-0.2, 0) is 0 Å². The van der Waals surface area contributed by atoms with Crippen LogP contribution in [0.4, 0.5) is 11.5 Å². The van der Waals surface area contributed by atoms with Gasteiger partial charge in [0.05, 0.1) is 0 Å². The second-order valence-corrected chi connectivity index (χ2v) is 5.00. The standard InChI is InChI=1S/C13H21N3O2/c1-10(2)6-4-7-11(3)15-12-8-5-9-14-13(12)16(17)18/h5,8-11,15H,4,6-7H2,1-3H3. The lowest BCUT2D eigenvalue weighted by atomic mass is 10.0. The molecule has 1 heterocycles. The molecule has 1 aromatic rings. The molecule has 18 heavy (non-hydrogen) atoms. The summed E-state index contributed by atoms with van der Waals surface area (Å²) in [5, 5.41) is 14.0. The number of aromatic nitrogens is 1. The number of hydrogen-bond donors (Lipinski definition) is 1. The van der Waals surface area contributed by atoms with Crippen molar-refractivity contribution in [2.45, 2.75) is 46.1 Å². The molecule has 1 atom stereocenters. The predicted octanol–water partition coefficient (Wildman–Crippen LogP) is 3.62. The molecule has 5 heteroatoms. The largest absolute Gasteiger partial charge is 0.386 e. The first-order valence-electron chi connectivity index (χ1n) is 6.36. The van der Waals surface area contributed by atoms with Crippen molar-refractivity contribution in [3.63, 3.8) is 0 Å². The first kappa shape index (κ1) is 14.4. The summed E-state index contributed by atoms with van der Waals surface area (Å²) >= 11 is 0. The van der Waals surface area contributed by atoms with E-state index < -0.39 is 4.92 Å². The molecule has 1 rings (SSSR count). The number of anilines is 1. The third kappa shape index (κ3) is 4.69. The van der Waals surface area contributed by atoms with Crippen LogP contribution in [0.3, 0.4) is 0 Å². The highest BCUT2D eigenvalue weighted by molar-refractivity contribution is 5.56. The Labute approximate surface area is 108 Å². The first-order chi connectivity index (χ1) is 8.50. The van der Waals surface area contributed by atoms with Crippen molar-refractivity contribution in [2.24, 2.45) is 5.92 Å². The van der Waals surface area contributed by atoms with Gasteiger partial charge in [0, 0.05) is 6.04 Å². The van der Waals surface area contributed by atoms with Crippen LogP contribution in [0, 0.1) is 16.0 Å². The van der Waals surface area contributed by atoms with Gasteiger partial charge in [-0.15, -0.1) is 0 Å². The molecule has 1 unspecified atom stereocenters. The van der Waals surface area contributed by atoms with Crippen LogP contribution < -0.4 is 5.32 Å². The summed E-state index contributed by atoms with van der Waals surface area (Å²) in [6, 6.07) is 3.62. The quantitative estimate of drug-likeness (QED) is 0.593. The Morgan fingerprint density at radius 1 is 1.39 bits per heavy atom. The Hall–Kier alpha value is -1.65. The SMILES string of the molecule is CC(C)CCCC(C)Nc1cccnc1[N+](=O)[O-]. The molecule has 0 radical (unpaired) electrons. The van der Waals surface area contributed by atoms with Gasteiger partial charge >= 0.3 is 5.82 Å². The number of hydrogen-bond acceptors (Lipinski definition) is 4. The highest BCUT2D eigenvalue weighted by Gasteiger charge is 2.15. The maximum Gasteiger partial charge on any atom is 0.386 e. The van der Waals surface area contributed by atoms with Crippen LogP contribution in [-0.4, -0.2) is 15.9 Å². The van der Waals surface area contributed by atoms with Crippen molar-refractivity contribution >= 4 is 11.5 Å². The molecular weight excluding hydrogens is 230 g/mol. The Morgan fingerprint density at radius 2 is 2.11 bits per heavy atom. The Balaban J connectivity index is 2.53. The molecule has 1 N–H and O–H groups in total. The lowest BCUT2D eigenvalue weighted by Gasteiger charge is -2.15. The summed E-state index contributed by atoms with van der Waals surface area (Å²) in [4.78, 5) is 14.1. The fourth-order valence-electron chi connectivity index (χ4n) is 1.83. The van der Waals surface area contributed by atoms with E-state index in [0.29, 0.717) is 11.6 Å². The molecule has 0 saturated carbocycles. The van der Waals surface area contributed by atoms with Gasteiger partial charge in [0.15, 0.2) is 0 Å². The van der Waals surface area contributed by atoms with Gasteiger partial charge in [0.25, 0.3) is 0 Å². The summed E-state index contributed by atoms with van der Waals surface area (Å²) < 4.78 is 0. The topological polar surface area (TPSA) is 68.1 Å². The smallest absolute Gasteiger partial charge is 0.376 e. The van der Waals surface area contributed by atoms with Crippen LogP contribution in [0.1, 0.15) is 40.0 Å². The van der Waals surface area contributed by atoms with Gasteiger partial charge in [-0.05, 0) is 41.3 Å². The maximum atomic E-state index is 10.8. The molecule has 0 aliphatic carbocycles. The van der Waals surface area contributed by atoms with Crippen molar-refractivity contribution in [1.29, 1.82) is 0 Å². The Kier molecular flexibility index (Phi) is 5.55. The molecular formula is C13H21N3O2. The van der Waals surface area contributed by atoms with E-state index in [1.165, 1.54) is 12.6 Å². The average Bonchev–Trinajstić information content (AvgIpc) is 2.28. The zero-order valence-electron chi connectivity index (χ0n) is 11.2. The van der Waals surface area contributed by atoms with E-state index in [9.17, 15) is 10.1 Å². The first-order valence-corrected chi connectivity index (χ1v) is 6.36. The third-order valence-corrected chi connectivity index (χ3v) is 2.78. The fraction of sp³-hybridized carbons (Fsp3) is 0.615. The zero-order valence-corrected chi connectivity index (χ0v) is 11.2. The van der Waals surface area contributed by atoms with E-state index in [1.54, 1.807) is 12.1 Å². The zero-order chi connectivity index (χ0) is 13.5. The van der Waals surface area contributed by atoms with Gasteiger partial charge in [-0.25, -0.2) is 0 Å². The van der Waals surface area contributed by atoms with Crippen molar-refractivity contribution in [3.05, 3.63) is 28.4 Å². The predicted molar refractivity (Wildman–Crippen MR) is 72.7 cm³/mol. The summed E-state index contributed by atoms with van der Waals surface area (Å²) in [5.74, 6) is 0.595. The normalized spacial score (nSPS) is 12.4. The third-order valence-electron chi connectivity index (χ3n) is 2.78. The van der Waals surface area contributed by atoms with E-state index in [4.69, 9.17) is 0 Å². The maximum absolute atomic E-state index is 10.8. The molecule has 0 aromatic carbocycles. The minimum absolute atomic E-state index is 0.104. The average molecular weight is 251 g/mol. The van der Waals surface area contributed by atoms with E-state index in [2.05, 4.69) is 24.1 Å². The van der Waals surface area contributed by atoms with Crippen molar-refractivity contribution < 1.29 is 4.92 Å². The molecule has 0 amide bonds. The summed E-state index contributed by atoms with van der Waals surface area (Å²) in [7, 11) is 0. The van der Waals surface area contributed by atoms with Gasteiger partial charge < -0.3 is 15.4 Å². The monoisotopic (exact) mass is 251 g/mol. The van der Waals surface area contributed by atoms with Crippen LogP contribution in [0.5, 0.6) is 0 Å².